The SMILES string of the molecule is CC1(O)CCN(CC2(CS)CCCCCC2)C1. The van der Waals surface area contributed by atoms with Crippen LogP contribution >= 0.6 is 12.6 Å². The molecule has 0 amide bonds. The van der Waals surface area contributed by atoms with Crippen molar-refractivity contribution in [1.82, 2.24) is 4.90 Å². The van der Waals surface area contributed by atoms with Crippen LogP contribution in [0.25, 0.3) is 0 Å². The number of nitrogens with zero attached hydrogens (tertiary/aromatic N) is 1. The first kappa shape index (κ1) is 13.7. The van der Waals surface area contributed by atoms with E-state index >= 15 is 0 Å². The van der Waals surface area contributed by atoms with Crippen LogP contribution in [0.15, 0.2) is 0 Å². The summed E-state index contributed by atoms with van der Waals surface area (Å²) < 4.78 is 0. The van der Waals surface area contributed by atoms with Gasteiger partial charge < -0.3 is 5.11 Å². The van der Waals surface area contributed by atoms with Gasteiger partial charge in [-0.05, 0) is 37.4 Å². The lowest BCUT2D eigenvalue weighted by molar-refractivity contribution is 0.0609. The Bertz CT molecular complexity index is 247. The average Bonchev–Trinajstić information content (AvgIpc) is 2.52. The van der Waals surface area contributed by atoms with Gasteiger partial charge in [-0.1, -0.05) is 25.7 Å². The molecule has 0 aromatic carbocycles. The summed E-state index contributed by atoms with van der Waals surface area (Å²) in [4.78, 5) is 2.46. The van der Waals surface area contributed by atoms with E-state index in [1.165, 1.54) is 38.5 Å². The maximum atomic E-state index is 10.0. The Hall–Kier alpha value is 0.270. The molecule has 1 N–H and O–H groups in total. The first-order chi connectivity index (χ1) is 8.05. The molecule has 2 nitrogen and oxygen atoms in total. The topological polar surface area (TPSA) is 23.5 Å². The maximum absolute atomic E-state index is 10.0. The summed E-state index contributed by atoms with van der Waals surface area (Å²) in [5.41, 5.74) is -0.0391. The van der Waals surface area contributed by atoms with Crippen molar-refractivity contribution < 1.29 is 5.11 Å². The molecule has 3 heteroatoms. The van der Waals surface area contributed by atoms with Crippen LogP contribution in [-0.2, 0) is 0 Å². The van der Waals surface area contributed by atoms with E-state index in [2.05, 4.69) is 17.5 Å². The summed E-state index contributed by atoms with van der Waals surface area (Å²) in [6, 6.07) is 0. The van der Waals surface area contributed by atoms with Crippen molar-refractivity contribution >= 4 is 12.6 Å². The number of hydrogen-bond acceptors (Lipinski definition) is 3. The Labute approximate surface area is 111 Å². The average molecular weight is 257 g/mol. The molecular formula is C14H27NOS. The number of β-amino-alcohol motifs (C(OH)–C–C–N with tert-alkyl or cyclic N) is 1. The Balaban J connectivity index is 1.94. The van der Waals surface area contributed by atoms with E-state index in [-0.39, 0.29) is 0 Å². The van der Waals surface area contributed by atoms with E-state index in [1.807, 2.05) is 6.92 Å². The number of hydrogen-bond donors (Lipinski definition) is 2. The molecule has 1 atom stereocenters. The Morgan fingerprint density at radius 1 is 1.12 bits per heavy atom. The fourth-order valence-corrected chi connectivity index (χ4v) is 3.91. The number of thiol groups is 1. The summed E-state index contributed by atoms with van der Waals surface area (Å²) in [6.45, 7) is 5.02. The van der Waals surface area contributed by atoms with Crippen LogP contribution < -0.4 is 0 Å². The molecule has 0 radical (unpaired) electrons. The van der Waals surface area contributed by atoms with Crippen LogP contribution in [0.4, 0.5) is 0 Å². The van der Waals surface area contributed by atoms with Gasteiger partial charge in [-0.2, -0.15) is 12.6 Å². The lowest BCUT2D eigenvalue weighted by atomic mass is 9.81. The van der Waals surface area contributed by atoms with Crippen LogP contribution in [0.3, 0.4) is 0 Å². The van der Waals surface area contributed by atoms with Gasteiger partial charge in [0, 0.05) is 19.6 Å². The molecule has 2 rings (SSSR count). The monoisotopic (exact) mass is 257 g/mol. The zero-order valence-corrected chi connectivity index (χ0v) is 12.0. The smallest absolute Gasteiger partial charge is 0.0758 e. The molecule has 1 saturated heterocycles. The summed E-state index contributed by atoms with van der Waals surface area (Å²) in [5, 5.41) is 10.0. The first-order valence-corrected chi connectivity index (χ1v) is 7.74. The molecule has 100 valence electrons. The van der Waals surface area contributed by atoms with E-state index < -0.39 is 5.60 Å². The van der Waals surface area contributed by atoms with Gasteiger partial charge >= 0.3 is 0 Å². The third kappa shape index (κ3) is 3.62. The van der Waals surface area contributed by atoms with Crippen molar-refractivity contribution in [2.45, 2.75) is 57.5 Å². The van der Waals surface area contributed by atoms with Gasteiger partial charge in [0.25, 0.3) is 0 Å². The normalized spacial score (nSPS) is 34.8. The van der Waals surface area contributed by atoms with E-state index in [9.17, 15) is 5.11 Å². The van der Waals surface area contributed by atoms with E-state index in [0.717, 1.165) is 31.8 Å². The quantitative estimate of drug-likeness (QED) is 0.600. The van der Waals surface area contributed by atoms with Gasteiger partial charge in [0.2, 0.25) is 0 Å². The van der Waals surface area contributed by atoms with Crippen LogP contribution in [0.2, 0.25) is 0 Å². The second-order valence-corrected chi connectivity index (χ2v) is 6.85. The van der Waals surface area contributed by atoms with Crippen molar-refractivity contribution in [2.75, 3.05) is 25.4 Å². The van der Waals surface area contributed by atoms with Crippen LogP contribution in [0.5, 0.6) is 0 Å². The highest BCUT2D eigenvalue weighted by atomic mass is 32.1. The molecule has 2 fully saturated rings. The van der Waals surface area contributed by atoms with Gasteiger partial charge in [0.15, 0.2) is 0 Å². The van der Waals surface area contributed by atoms with Gasteiger partial charge in [0.1, 0.15) is 0 Å². The van der Waals surface area contributed by atoms with E-state index in [0.29, 0.717) is 5.41 Å². The summed E-state index contributed by atoms with van der Waals surface area (Å²) in [6.07, 6.45) is 9.11. The van der Waals surface area contributed by atoms with Crippen molar-refractivity contribution in [1.29, 1.82) is 0 Å². The third-order valence-electron chi connectivity index (χ3n) is 4.59. The lowest BCUT2D eigenvalue weighted by Gasteiger charge is -2.35. The molecule has 1 saturated carbocycles. The minimum Gasteiger partial charge on any atom is -0.389 e. The number of likely N-dealkylation sites (tertiary alicyclic amines) is 1. The van der Waals surface area contributed by atoms with Crippen molar-refractivity contribution in [3.8, 4) is 0 Å². The van der Waals surface area contributed by atoms with Crippen LogP contribution in [0.1, 0.15) is 51.9 Å². The largest absolute Gasteiger partial charge is 0.389 e. The molecule has 0 spiro atoms. The lowest BCUT2D eigenvalue weighted by Crippen LogP contribution is -2.39. The predicted octanol–water partition coefficient (Wildman–Crippen LogP) is 2.71. The molecule has 1 heterocycles. The number of rotatable bonds is 3. The van der Waals surface area contributed by atoms with Gasteiger partial charge in [-0.25, -0.2) is 0 Å². The second kappa shape index (κ2) is 5.50. The maximum Gasteiger partial charge on any atom is 0.0758 e. The minimum absolute atomic E-state index is 0.417. The highest BCUT2D eigenvalue weighted by Crippen LogP contribution is 2.38. The van der Waals surface area contributed by atoms with E-state index in [1.54, 1.807) is 0 Å². The molecule has 0 bridgehead atoms. The molecule has 1 aliphatic heterocycles. The standard InChI is InChI=1S/C14H27NOS/c1-13(16)8-9-15(10-13)11-14(12-17)6-4-2-3-5-7-14/h16-17H,2-12H2,1H3. The second-order valence-electron chi connectivity index (χ2n) is 6.53. The third-order valence-corrected chi connectivity index (χ3v) is 5.26. The van der Waals surface area contributed by atoms with Crippen LogP contribution in [0, 0.1) is 5.41 Å². The molecule has 0 aromatic rings. The van der Waals surface area contributed by atoms with Gasteiger partial charge in [0.05, 0.1) is 5.60 Å². The molecular weight excluding hydrogens is 230 g/mol. The molecule has 1 aliphatic carbocycles. The summed E-state index contributed by atoms with van der Waals surface area (Å²) in [7, 11) is 0. The molecule has 1 unspecified atom stereocenters. The van der Waals surface area contributed by atoms with Crippen LogP contribution in [-0.4, -0.2) is 41.0 Å². The number of aliphatic hydroxyl groups is 1. The Morgan fingerprint density at radius 3 is 2.24 bits per heavy atom. The fraction of sp³-hybridized carbons (Fsp3) is 1.00. The minimum atomic E-state index is -0.456. The predicted molar refractivity (Wildman–Crippen MR) is 75.7 cm³/mol. The Kier molecular flexibility index (Phi) is 4.43. The first-order valence-electron chi connectivity index (χ1n) is 7.11. The molecule has 17 heavy (non-hydrogen) atoms. The Morgan fingerprint density at radius 2 is 1.76 bits per heavy atom. The fourth-order valence-electron chi connectivity index (χ4n) is 3.49. The van der Waals surface area contributed by atoms with Crippen molar-refractivity contribution in [3.05, 3.63) is 0 Å². The molecule has 0 aromatic heterocycles. The molecule has 2 aliphatic rings. The van der Waals surface area contributed by atoms with Gasteiger partial charge in [-0.3, -0.25) is 4.90 Å². The summed E-state index contributed by atoms with van der Waals surface area (Å²) >= 11 is 4.62. The van der Waals surface area contributed by atoms with E-state index in [4.69, 9.17) is 0 Å². The zero-order valence-electron chi connectivity index (χ0n) is 11.1. The highest BCUT2D eigenvalue weighted by molar-refractivity contribution is 7.80. The van der Waals surface area contributed by atoms with Crippen molar-refractivity contribution in [2.24, 2.45) is 5.41 Å². The highest BCUT2D eigenvalue weighted by Gasteiger charge is 2.37. The zero-order chi connectivity index (χ0) is 12.4. The van der Waals surface area contributed by atoms with Crippen molar-refractivity contribution in [3.63, 3.8) is 0 Å². The van der Waals surface area contributed by atoms with Gasteiger partial charge in [-0.15, -0.1) is 0 Å². The summed E-state index contributed by atoms with van der Waals surface area (Å²) in [5.74, 6) is 1.01.